The van der Waals surface area contributed by atoms with Crippen LogP contribution in [0.3, 0.4) is 0 Å². The number of carbonyl (C=O) groups excluding carboxylic acids is 1. The number of esters is 1. The Bertz CT molecular complexity index is 347. The van der Waals surface area contributed by atoms with E-state index < -0.39 is 10.0 Å². The van der Waals surface area contributed by atoms with Crippen molar-refractivity contribution in [2.75, 3.05) is 25.4 Å². The lowest BCUT2D eigenvalue weighted by Crippen LogP contribution is -2.43. The third kappa shape index (κ3) is 5.01. The third-order valence-corrected chi connectivity index (χ3v) is 4.70. The van der Waals surface area contributed by atoms with Crippen LogP contribution >= 0.6 is 0 Å². The van der Waals surface area contributed by atoms with Gasteiger partial charge in [0.2, 0.25) is 10.0 Å². The first-order valence-electron chi connectivity index (χ1n) is 5.78. The van der Waals surface area contributed by atoms with Crippen molar-refractivity contribution >= 4 is 16.0 Å². The van der Waals surface area contributed by atoms with Crippen molar-refractivity contribution in [2.45, 2.75) is 32.2 Å². The van der Waals surface area contributed by atoms with Gasteiger partial charge in [0.05, 0.1) is 12.4 Å². The minimum Gasteiger partial charge on any atom is -0.466 e. The van der Waals surface area contributed by atoms with Crippen LogP contribution in [-0.4, -0.2) is 50.2 Å². The Labute approximate surface area is 102 Å². The summed E-state index contributed by atoms with van der Waals surface area (Å²) < 4.78 is 29.9. The summed E-state index contributed by atoms with van der Waals surface area (Å²) in [5.74, 6) is -0.360. The van der Waals surface area contributed by atoms with Gasteiger partial charge in [0.25, 0.3) is 0 Å². The Morgan fingerprint density at radius 2 is 2.00 bits per heavy atom. The third-order valence-electron chi connectivity index (χ3n) is 2.74. The fourth-order valence-electron chi connectivity index (χ4n) is 1.74. The Morgan fingerprint density at radius 1 is 1.41 bits per heavy atom. The van der Waals surface area contributed by atoms with E-state index in [0.717, 1.165) is 0 Å². The summed E-state index contributed by atoms with van der Waals surface area (Å²) in [7, 11) is -3.22. The molecule has 1 rings (SSSR count). The van der Waals surface area contributed by atoms with Crippen LogP contribution in [-0.2, 0) is 19.6 Å². The first-order valence-corrected chi connectivity index (χ1v) is 7.39. The molecule has 0 bridgehead atoms. The van der Waals surface area contributed by atoms with Gasteiger partial charge in [-0.25, -0.2) is 12.7 Å². The van der Waals surface area contributed by atoms with Gasteiger partial charge >= 0.3 is 5.97 Å². The molecule has 0 spiro atoms. The highest BCUT2D eigenvalue weighted by molar-refractivity contribution is 7.89. The zero-order valence-electron chi connectivity index (χ0n) is 10.1. The van der Waals surface area contributed by atoms with Gasteiger partial charge in [-0.3, -0.25) is 4.79 Å². The van der Waals surface area contributed by atoms with Gasteiger partial charge in [0.15, 0.2) is 0 Å². The molecule has 1 fully saturated rings. The Morgan fingerprint density at radius 3 is 2.53 bits per heavy atom. The van der Waals surface area contributed by atoms with Crippen LogP contribution in [0.5, 0.6) is 0 Å². The normalized spacial score (nSPS) is 19.2. The molecule has 2 N–H and O–H groups in total. The van der Waals surface area contributed by atoms with Crippen molar-refractivity contribution in [3.05, 3.63) is 0 Å². The Hall–Kier alpha value is -0.660. The molecule has 0 atom stereocenters. The summed E-state index contributed by atoms with van der Waals surface area (Å²) in [6.45, 7) is 2.45. The second kappa shape index (κ2) is 6.32. The summed E-state index contributed by atoms with van der Waals surface area (Å²) in [5, 5.41) is 0. The van der Waals surface area contributed by atoms with Crippen LogP contribution in [0.2, 0.25) is 0 Å². The highest BCUT2D eigenvalue weighted by Crippen LogP contribution is 2.13. The molecular formula is C10H20N2O4S. The molecule has 1 aliphatic heterocycles. The number of carbonyl (C=O) groups is 1. The van der Waals surface area contributed by atoms with E-state index in [4.69, 9.17) is 10.5 Å². The van der Waals surface area contributed by atoms with E-state index in [1.54, 1.807) is 0 Å². The van der Waals surface area contributed by atoms with Crippen molar-refractivity contribution in [1.29, 1.82) is 0 Å². The molecule has 0 radical (unpaired) electrons. The zero-order valence-corrected chi connectivity index (χ0v) is 10.9. The number of nitrogens with two attached hydrogens (primary N) is 1. The van der Waals surface area contributed by atoms with E-state index in [1.807, 2.05) is 0 Å². The molecule has 0 aromatic rings. The number of rotatable bonds is 5. The van der Waals surface area contributed by atoms with Crippen molar-refractivity contribution < 1.29 is 17.9 Å². The summed E-state index contributed by atoms with van der Waals surface area (Å²) in [6.07, 6.45) is 1.76. The molecule has 0 unspecified atom stereocenters. The van der Waals surface area contributed by atoms with Crippen LogP contribution in [0, 0.1) is 0 Å². The molecule has 0 aromatic carbocycles. The quantitative estimate of drug-likeness (QED) is 0.543. The van der Waals surface area contributed by atoms with Gasteiger partial charge in [0.1, 0.15) is 0 Å². The number of sulfonamides is 1. The average Bonchev–Trinajstić information content (AvgIpc) is 2.25. The van der Waals surface area contributed by atoms with Crippen LogP contribution in [0.4, 0.5) is 0 Å². The molecule has 17 heavy (non-hydrogen) atoms. The molecule has 0 amide bonds. The molecule has 0 saturated carbocycles. The van der Waals surface area contributed by atoms with E-state index in [9.17, 15) is 13.2 Å². The summed E-state index contributed by atoms with van der Waals surface area (Å²) in [5.41, 5.74) is 5.72. The lowest BCUT2D eigenvalue weighted by molar-refractivity contribution is -0.140. The van der Waals surface area contributed by atoms with E-state index in [0.29, 0.717) is 32.4 Å². The molecule has 0 aliphatic carbocycles. The zero-order chi connectivity index (χ0) is 12.9. The van der Waals surface area contributed by atoms with Crippen LogP contribution in [0.1, 0.15) is 26.2 Å². The Balaban J connectivity index is 2.33. The number of hydrogen-bond acceptors (Lipinski definition) is 5. The van der Waals surface area contributed by atoms with Crippen LogP contribution in [0.15, 0.2) is 0 Å². The molecule has 100 valence electrons. The van der Waals surface area contributed by atoms with Gasteiger partial charge < -0.3 is 10.5 Å². The summed E-state index contributed by atoms with van der Waals surface area (Å²) in [6, 6.07) is 0.113. The monoisotopic (exact) mass is 264 g/mol. The molecule has 7 heteroatoms. The smallest absolute Gasteiger partial charge is 0.302 e. The summed E-state index contributed by atoms with van der Waals surface area (Å²) in [4.78, 5) is 10.5. The predicted octanol–water partition coefficient (Wildman–Crippen LogP) is -0.307. The van der Waals surface area contributed by atoms with Crippen molar-refractivity contribution in [2.24, 2.45) is 5.73 Å². The fraction of sp³-hybridized carbons (Fsp3) is 0.900. The molecule has 1 aliphatic rings. The first kappa shape index (κ1) is 14.4. The van der Waals surface area contributed by atoms with Crippen LogP contribution in [0.25, 0.3) is 0 Å². The minimum atomic E-state index is -3.22. The highest BCUT2D eigenvalue weighted by Gasteiger charge is 2.26. The second-order valence-corrected chi connectivity index (χ2v) is 6.33. The maximum Gasteiger partial charge on any atom is 0.302 e. The molecule has 1 saturated heterocycles. The lowest BCUT2D eigenvalue weighted by Gasteiger charge is -2.29. The second-order valence-electron chi connectivity index (χ2n) is 4.25. The molecular weight excluding hydrogens is 244 g/mol. The largest absolute Gasteiger partial charge is 0.466 e. The Kier molecular flexibility index (Phi) is 5.35. The fourth-order valence-corrected chi connectivity index (χ4v) is 3.25. The summed E-state index contributed by atoms with van der Waals surface area (Å²) >= 11 is 0. The number of piperidine rings is 1. The SMILES string of the molecule is CC(=O)OCCCS(=O)(=O)N1CCC(N)CC1. The number of hydrogen-bond donors (Lipinski definition) is 1. The molecule has 1 heterocycles. The van der Waals surface area contributed by atoms with E-state index in [2.05, 4.69) is 0 Å². The standard InChI is InChI=1S/C10H20N2O4S/c1-9(13)16-7-2-8-17(14,15)12-5-3-10(11)4-6-12/h10H,2-8,11H2,1H3. The van der Waals surface area contributed by atoms with Gasteiger partial charge in [-0.2, -0.15) is 0 Å². The maximum atomic E-state index is 11.9. The van der Waals surface area contributed by atoms with Gasteiger partial charge in [-0.1, -0.05) is 0 Å². The van der Waals surface area contributed by atoms with Crippen molar-refractivity contribution in [3.8, 4) is 0 Å². The predicted molar refractivity (Wildman–Crippen MR) is 63.8 cm³/mol. The first-order chi connectivity index (χ1) is 7.92. The van der Waals surface area contributed by atoms with Crippen molar-refractivity contribution in [1.82, 2.24) is 4.31 Å². The van der Waals surface area contributed by atoms with E-state index >= 15 is 0 Å². The van der Waals surface area contributed by atoms with E-state index in [-0.39, 0.29) is 24.4 Å². The minimum absolute atomic E-state index is 0.0233. The van der Waals surface area contributed by atoms with Gasteiger partial charge in [-0.15, -0.1) is 0 Å². The molecule has 0 aromatic heterocycles. The topological polar surface area (TPSA) is 89.7 Å². The number of nitrogens with zero attached hydrogens (tertiary/aromatic N) is 1. The van der Waals surface area contributed by atoms with E-state index in [1.165, 1.54) is 11.2 Å². The average molecular weight is 264 g/mol. The van der Waals surface area contributed by atoms with Crippen LogP contribution < -0.4 is 5.73 Å². The molecule has 6 nitrogen and oxygen atoms in total. The lowest BCUT2D eigenvalue weighted by atomic mass is 10.1. The highest BCUT2D eigenvalue weighted by atomic mass is 32.2. The van der Waals surface area contributed by atoms with Gasteiger partial charge in [0, 0.05) is 26.1 Å². The maximum absolute atomic E-state index is 11.9. The van der Waals surface area contributed by atoms with Crippen molar-refractivity contribution in [3.63, 3.8) is 0 Å². The van der Waals surface area contributed by atoms with Gasteiger partial charge in [-0.05, 0) is 19.3 Å². The number of ether oxygens (including phenoxy) is 1.